The quantitative estimate of drug-likeness (QED) is 0.578. The van der Waals surface area contributed by atoms with Gasteiger partial charge in [-0.25, -0.2) is 0 Å². The Morgan fingerprint density at radius 2 is 2.55 bits per heavy atom. The molecule has 0 radical (unpaired) electrons. The van der Waals surface area contributed by atoms with Crippen molar-refractivity contribution in [2.45, 2.75) is 26.2 Å². The lowest BCUT2D eigenvalue weighted by Crippen LogP contribution is -1.65. The van der Waals surface area contributed by atoms with E-state index >= 15 is 0 Å². The van der Waals surface area contributed by atoms with Gasteiger partial charge in [0.15, 0.2) is 0 Å². The number of hydrogen-bond donors (Lipinski definition) is 0. The Morgan fingerprint density at radius 1 is 1.64 bits per heavy atom. The molecule has 1 heterocycles. The molecule has 0 aromatic heterocycles. The maximum atomic E-state index is 3.16. The largest absolute Gasteiger partial charge is 0.130 e. The smallest absolute Gasteiger partial charge is 0.00356 e. The number of allylic oxidation sites excluding steroid dienone is 3. The summed E-state index contributed by atoms with van der Waals surface area (Å²) in [5, 5.41) is 0. The van der Waals surface area contributed by atoms with Crippen LogP contribution in [0.4, 0.5) is 0 Å². The number of rotatable bonds is 3. The van der Waals surface area contributed by atoms with Crippen molar-refractivity contribution in [3.8, 4) is 0 Å². The fraction of sp³-hybridized carbons (Fsp3) is 0.500. The highest BCUT2D eigenvalue weighted by molar-refractivity contribution is 8.03. The average molecular weight is 166 g/mol. The first kappa shape index (κ1) is 8.70. The predicted octanol–water partition coefficient (Wildman–Crippen LogP) is 3.52. The van der Waals surface area contributed by atoms with E-state index in [0.29, 0.717) is 0 Å². The Kier molecular flexibility index (Phi) is 4.18. The zero-order chi connectivity index (χ0) is 7.94. The monoisotopic (exact) mass is 166 g/mol. The van der Waals surface area contributed by atoms with Gasteiger partial charge in [0.05, 0.1) is 0 Å². The topological polar surface area (TPSA) is 0 Å². The van der Waals surface area contributed by atoms with Crippen LogP contribution in [0.1, 0.15) is 26.2 Å². The third-order valence-electron chi connectivity index (χ3n) is 1.52. The summed E-state index contributed by atoms with van der Waals surface area (Å²) in [6.07, 6.45) is 9.94. The molecule has 0 atom stereocenters. The summed E-state index contributed by atoms with van der Waals surface area (Å²) in [7, 11) is 0. The third-order valence-corrected chi connectivity index (χ3v) is 2.66. The summed E-state index contributed by atoms with van der Waals surface area (Å²) in [6.45, 7) is 2.13. The molecule has 0 bridgehead atoms. The lowest BCUT2D eigenvalue weighted by atomic mass is 10.3. The van der Waals surface area contributed by atoms with Crippen LogP contribution in [0, 0.1) is 0 Å². The summed E-state index contributed by atoms with van der Waals surface area (Å²) in [4.78, 5) is 1.52. The van der Waals surface area contributed by atoms with E-state index in [9.17, 15) is 0 Å². The van der Waals surface area contributed by atoms with Crippen LogP contribution >= 0.6 is 11.8 Å². The van der Waals surface area contributed by atoms with Gasteiger partial charge in [-0.3, -0.25) is 0 Å². The minimum atomic E-state index is 1.08. The van der Waals surface area contributed by atoms with Crippen molar-refractivity contribution in [1.82, 2.24) is 0 Å². The van der Waals surface area contributed by atoms with Crippen LogP contribution in [-0.4, -0.2) is 5.75 Å². The summed E-state index contributed by atoms with van der Waals surface area (Å²) in [5.74, 6) is 1.28. The molecule has 0 saturated carbocycles. The Bertz CT molecular complexity index is 195. The Hall–Kier alpha value is -0.390. The molecule has 1 heteroatoms. The van der Waals surface area contributed by atoms with E-state index < -0.39 is 0 Å². The molecule has 1 aliphatic rings. The lowest BCUT2D eigenvalue weighted by molar-refractivity contribution is 1.22. The van der Waals surface area contributed by atoms with Crippen molar-refractivity contribution in [1.29, 1.82) is 0 Å². The van der Waals surface area contributed by atoms with Gasteiger partial charge in [-0.2, -0.15) is 0 Å². The zero-order valence-electron chi connectivity index (χ0n) is 6.97. The predicted molar refractivity (Wildman–Crippen MR) is 52.7 cm³/mol. The molecule has 0 N–H and O–H groups in total. The molecular formula is C10H14S. The highest BCUT2D eigenvalue weighted by Crippen LogP contribution is 2.27. The van der Waals surface area contributed by atoms with Gasteiger partial charge in [0, 0.05) is 12.2 Å². The molecule has 0 aromatic carbocycles. The summed E-state index contributed by atoms with van der Waals surface area (Å²) in [6, 6.07) is 0. The van der Waals surface area contributed by atoms with E-state index in [2.05, 4.69) is 30.9 Å². The number of thioether (sulfide) groups is 1. The summed E-state index contributed by atoms with van der Waals surface area (Å²) in [5.41, 5.74) is 3.16. The van der Waals surface area contributed by atoms with Crippen molar-refractivity contribution in [2.24, 2.45) is 0 Å². The Morgan fingerprint density at radius 3 is 3.18 bits per heavy atom. The summed E-state index contributed by atoms with van der Waals surface area (Å²) < 4.78 is 0. The molecule has 0 spiro atoms. The van der Waals surface area contributed by atoms with Crippen LogP contribution in [-0.2, 0) is 0 Å². The molecule has 1 rings (SSSR count). The first-order valence-corrected chi connectivity index (χ1v) is 5.13. The minimum Gasteiger partial charge on any atom is -0.130 e. The normalized spacial score (nSPS) is 15.5. The molecule has 0 unspecified atom stereocenters. The van der Waals surface area contributed by atoms with E-state index in [1.54, 1.807) is 0 Å². The summed E-state index contributed by atoms with van der Waals surface area (Å²) >= 11 is 1.98. The first-order valence-electron chi connectivity index (χ1n) is 4.14. The van der Waals surface area contributed by atoms with Crippen molar-refractivity contribution in [2.75, 3.05) is 5.75 Å². The first-order chi connectivity index (χ1) is 5.43. The van der Waals surface area contributed by atoms with Gasteiger partial charge in [0.25, 0.3) is 0 Å². The molecule has 0 fully saturated rings. The number of hydrogen-bond acceptors (Lipinski definition) is 1. The molecule has 0 saturated heterocycles. The van der Waals surface area contributed by atoms with Crippen molar-refractivity contribution >= 4 is 11.8 Å². The van der Waals surface area contributed by atoms with E-state index in [4.69, 9.17) is 0 Å². The van der Waals surface area contributed by atoms with Gasteiger partial charge in [-0.05, 0) is 29.9 Å². The Balaban J connectivity index is 2.26. The maximum Gasteiger partial charge on any atom is 0.00356 e. The van der Waals surface area contributed by atoms with Crippen molar-refractivity contribution < 1.29 is 0 Å². The molecule has 0 nitrogen and oxygen atoms in total. The van der Waals surface area contributed by atoms with E-state index in [1.165, 1.54) is 17.1 Å². The third kappa shape index (κ3) is 3.50. The second-order valence-electron chi connectivity index (χ2n) is 2.49. The van der Waals surface area contributed by atoms with E-state index in [0.717, 1.165) is 12.8 Å². The van der Waals surface area contributed by atoms with Gasteiger partial charge in [-0.15, -0.1) is 17.5 Å². The maximum absolute atomic E-state index is 3.16. The van der Waals surface area contributed by atoms with Crippen LogP contribution in [0.5, 0.6) is 0 Å². The molecule has 1 aliphatic heterocycles. The fourth-order valence-electron chi connectivity index (χ4n) is 0.972. The van der Waals surface area contributed by atoms with Crippen molar-refractivity contribution in [3.63, 3.8) is 0 Å². The molecule has 0 aromatic rings. The zero-order valence-corrected chi connectivity index (χ0v) is 7.79. The lowest BCUT2D eigenvalue weighted by Gasteiger charge is -1.90. The van der Waals surface area contributed by atoms with Gasteiger partial charge >= 0.3 is 0 Å². The van der Waals surface area contributed by atoms with Crippen LogP contribution in [0.15, 0.2) is 28.9 Å². The highest BCUT2D eigenvalue weighted by Gasteiger charge is 2.01. The minimum absolute atomic E-state index is 1.08. The van der Waals surface area contributed by atoms with Gasteiger partial charge < -0.3 is 0 Å². The van der Waals surface area contributed by atoms with Gasteiger partial charge in [0.1, 0.15) is 0 Å². The van der Waals surface area contributed by atoms with Crippen LogP contribution in [0.25, 0.3) is 0 Å². The molecule has 11 heavy (non-hydrogen) atoms. The second kappa shape index (κ2) is 5.29. The van der Waals surface area contributed by atoms with Crippen LogP contribution in [0.2, 0.25) is 0 Å². The van der Waals surface area contributed by atoms with E-state index in [-0.39, 0.29) is 0 Å². The molecule has 0 amide bonds. The molecule has 0 aliphatic carbocycles. The van der Waals surface area contributed by atoms with Crippen molar-refractivity contribution in [3.05, 3.63) is 28.9 Å². The fourth-order valence-corrected chi connectivity index (χ4v) is 1.91. The van der Waals surface area contributed by atoms with Crippen LogP contribution < -0.4 is 0 Å². The SMILES string of the molecule is CCC=C=CCC1=CCCS1. The standard InChI is InChI=1S/C10H14S/c1-2-3-4-5-7-10-8-6-9-11-10/h3,5,8H,2,6-7,9H2,1H3. The van der Waals surface area contributed by atoms with Crippen LogP contribution in [0.3, 0.4) is 0 Å². The average Bonchev–Trinajstić information content (AvgIpc) is 2.50. The Labute approximate surface area is 73.1 Å². The highest BCUT2D eigenvalue weighted by atomic mass is 32.2. The molecule has 60 valence electrons. The van der Waals surface area contributed by atoms with Gasteiger partial charge in [-0.1, -0.05) is 13.0 Å². The van der Waals surface area contributed by atoms with Gasteiger partial charge in [0.2, 0.25) is 0 Å². The second-order valence-corrected chi connectivity index (χ2v) is 3.72. The van der Waals surface area contributed by atoms with E-state index in [1.807, 2.05) is 11.8 Å². The molecular weight excluding hydrogens is 152 g/mol.